The summed E-state index contributed by atoms with van der Waals surface area (Å²) < 4.78 is 4.97. The van der Waals surface area contributed by atoms with E-state index in [2.05, 4.69) is 18.8 Å². The highest BCUT2D eigenvalue weighted by molar-refractivity contribution is 14.1. The van der Waals surface area contributed by atoms with Crippen LogP contribution in [0, 0.1) is 0 Å². The van der Waals surface area contributed by atoms with Gasteiger partial charge in [-0.25, -0.2) is 4.98 Å². The zero-order valence-electron chi connectivity index (χ0n) is 8.98. The molecule has 0 saturated carbocycles. The van der Waals surface area contributed by atoms with Crippen LogP contribution in [0.5, 0.6) is 0 Å². The van der Waals surface area contributed by atoms with E-state index in [0.29, 0.717) is 11.7 Å². The Kier molecular flexibility index (Phi) is 3.00. The second-order valence-corrected chi connectivity index (χ2v) is 5.02. The van der Waals surface area contributed by atoms with Gasteiger partial charge in [0.05, 0.1) is 38.6 Å². The minimum Gasteiger partial charge on any atom is -0.321 e. The molecule has 5 nitrogen and oxygen atoms in total. The average Bonchev–Trinajstić information content (AvgIpc) is 2.96. The SMILES string of the molecule is O=C1NC(=NI)N/C1=C\c1ccc2ncsc2c1. The summed E-state index contributed by atoms with van der Waals surface area (Å²) in [5.41, 5.74) is 4.23. The highest BCUT2D eigenvalue weighted by atomic mass is 127. The van der Waals surface area contributed by atoms with Crippen molar-refractivity contribution in [2.75, 3.05) is 0 Å². The van der Waals surface area contributed by atoms with Crippen LogP contribution in [0.25, 0.3) is 16.3 Å². The molecule has 2 heterocycles. The fourth-order valence-electron chi connectivity index (χ4n) is 1.66. The normalized spacial score (nSPS) is 19.5. The predicted octanol–water partition coefficient (Wildman–Crippen LogP) is 2.06. The molecule has 1 fully saturated rings. The van der Waals surface area contributed by atoms with E-state index in [1.165, 1.54) is 0 Å². The van der Waals surface area contributed by atoms with E-state index in [9.17, 15) is 4.79 Å². The van der Waals surface area contributed by atoms with Gasteiger partial charge in [0, 0.05) is 0 Å². The maximum atomic E-state index is 11.6. The fourth-order valence-corrected chi connectivity index (χ4v) is 2.63. The first-order valence-electron chi connectivity index (χ1n) is 5.08. The van der Waals surface area contributed by atoms with E-state index >= 15 is 0 Å². The van der Waals surface area contributed by atoms with E-state index < -0.39 is 0 Å². The van der Waals surface area contributed by atoms with Crippen molar-refractivity contribution in [3.05, 3.63) is 35.0 Å². The molecule has 7 heteroatoms. The van der Waals surface area contributed by atoms with Crippen molar-refractivity contribution in [2.24, 2.45) is 3.21 Å². The number of guanidine groups is 1. The largest absolute Gasteiger partial charge is 0.321 e. The number of nitrogens with one attached hydrogen (secondary N) is 2. The Morgan fingerprint density at radius 3 is 3.06 bits per heavy atom. The molecule has 1 amide bonds. The van der Waals surface area contributed by atoms with Gasteiger partial charge >= 0.3 is 0 Å². The molecule has 3 rings (SSSR count). The number of thiazole rings is 1. The lowest BCUT2D eigenvalue weighted by atomic mass is 10.2. The summed E-state index contributed by atoms with van der Waals surface area (Å²) in [6, 6.07) is 5.88. The number of benzene rings is 1. The first-order chi connectivity index (χ1) is 8.76. The van der Waals surface area contributed by atoms with Gasteiger partial charge in [0.25, 0.3) is 5.91 Å². The highest BCUT2D eigenvalue weighted by Crippen LogP contribution is 2.20. The summed E-state index contributed by atoms with van der Waals surface area (Å²) in [7, 11) is 0. The van der Waals surface area contributed by atoms with Gasteiger partial charge in [0.2, 0.25) is 5.96 Å². The van der Waals surface area contributed by atoms with Gasteiger partial charge in [-0.15, -0.1) is 11.3 Å². The lowest BCUT2D eigenvalue weighted by Crippen LogP contribution is -2.23. The molecule has 1 aliphatic rings. The number of carbonyl (C=O) groups excluding carboxylic acids is 1. The molecule has 0 unspecified atom stereocenters. The van der Waals surface area contributed by atoms with Crippen molar-refractivity contribution in [1.29, 1.82) is 0 Å². The molecule has 0 bridgehead atoms. The van der Waals surface area contributed by atoms with Gasteiger partial charge in [-0.05, 0) is 23.8 Å². The van der Waals surface area contributed by atoms with E-state index in [1.54, 1.807) is 17.4 Å². The van der Waals surface area contributed by atoms with E-state index in [1.807, 2.05) is 46.6 Å². The summed E-state index contributed by atoms with van der Waals surface area (Å²) in [6.45, 7) is 0. The molecule has 1 aromatic heterocycles. The molecule has 2 N–H and O–H groups in total. The van der Waals surface area contributed by atoms with Crippen LogP contribution in [0.1, 0.15) is 5.56 Å². The number of halogens is 1. The Morgan fingerprint density at radius 2 is 2.28 bits per heavy atom. The second kappa shape index (κ2) is 4.65. The lowest BCUT2D eigenvalue weighted by molar-refractivity contribution is -0.115. The Balaban J connectivity index is 1.98. The van der Waals surface area contributed by atoms with Gasteiger partial charge in [0.1, 0.15) is 5.70 Å². The summed E-state index contributed by atoms with van der Waals surface area (Å²) in [6.07, 6.45) is 1.79. The zero-order chi connectivity index (χ0) is 12.5. The van der Waals surface area contributed by atoms with E-state index in [-0.39, 0.29) is 5.91 Å². The minimum absolute atomic E-state index is 0.171. The first-order valence-corrected chi connectivity index (χ1v) is 6.93. The lowest BCUT2D eigenvalue weighted by Gasteiger charge is -1.96. The number of fused-ring (bicyclic) bond motifs is 1. The molecule has 18 heavy (non-hydrogen) atoms. The maximum absolute atomic E-state index is 11.6. The molecular formula is C11H7IN4OS. The Hall–Kier alpha value is -1.48. The summed E-state index contributed by atoms with van der Waals surface area (Å²) in [5, 5.41) is 5.53. The molecule has 1 saturated heterocycles. The third kappa shape index (κ3) is 2.10. The van der Waals surface area contributed by atoms with Crippen LogP contribution in [0.2, 0.25) is 0 Å². The first kappa shape index (κ1) is 11.6. The number of nitrogens with zero attached hydrogens (tertiary/aromatic N) is 2. The number of hydrogen-bond donors (Lipinski definition) is 2. The quantitative estimate of drug-likeness (QED) is 0.597. The number of rotatable bonds is 1. The zero-order valence-corrected chi connectivity index (χ0v) is 11.9. The van der Waals surface area contributed by atoms with Crippen LogP contribution < -0.4 is 10.6 Å². The van der Waals surface area contributed by atoms with Gasteiger partial charge in [-0.1, -0.05) is 6.07 Å². The molecular weight excluding hydrogens is 363 g/mol. The van der Waals surface area contributed by atoms with Crippen LogP contribution >= 0.6 is 34.2 Å². The van der Waals surface area contributed by atoms with Gasteiger partial charge in [-0.2, -0.15) is 3.21 Å². The second-order valence-electron chi connectivity index (χ2n) is 3.65. The Bertz CT molecular complexity index is 691. The van der Waals surface area contributed by atoms with Gasteiger partial charge in [0.15, 0.2) is 0 Å². The van der Waals surface area contributed by atoms with E-state index in [4.69, 9.17) is 0 Å². The minimum atomic E-state index is -0.171. The van der Waals surface area contributed by atoms with Crippen molar-refractivity contribution in [3.63, 3.8) is 0 Å². The summed E-state index contributed by atoms with van der Waals surface area (Å²) in [5.74, 6) is 0.292. The number of aromatic nitrogens is 1. The molecule has 0 atom stereocenters. The fraction of sp³-hybridized carbons (Fsp3) is 0. The van der Waals surface area contributed by atoms with Crippen LogP contribution in [0.4, 0.5) is 0 Å². The van der Waals surface area contributed by atoms with Gasteiger partial charge in [-0.3, -0.25) is 10.1 Å². The molecule has 1 aromatic carbocycles. The molecule has 1 aliphatic heterocycles. The standard InChI is InChI=1S/C11H7IN4OS/c12-16-11-14-8(10(17)15-11)3-6-1-2-7-9(4-6)18-5-13-7/h1-5H,(H2,14,15,16,17)/b8-3-. The van der Waals surface area contributed by atoms with Gasteiger partial charge < -0.3 is 5.32 Å². The predicted molar refractivity (Wildman–Crippen MR) is 80.3 cm³/mol. The third-order valence-electron chi connectivity index (χ3n) is 2.48. The van der Waals surface area contributed by atoms with Crippen molar-refractivity contribution in [2.45, 2.75) is 0 Å². The van der Waals surface area contributed by atoms with Crippen LogP contribution in [0.3, 0.4) is 0 Å². The molecule has 0 radical (unpaired) electrons. The highest BCUT2D eigenvalue weighted by Gasteiger charge is 2.21. The Labute approximate surface area is 121 Å². The van der Waals surface area contributed by atoms with Crippen LogP contribution in [-0.2, 0) is 4.79 Å². The molecule has 2 aromatic rings. The molecule has 0 spiro atoms. The smallest absolute Gasteiger partial charge is 0.274 e. The van der Waals surface area contributed by atoms with Crippen molar-refractivity contribution in [1.82, 2.24) is 15.6 Å². The number of carbonyl (C=O) groups is 1. The van der Waals surface area contributed by atoms with Crippen LogP contribution in [-0.4, -0.2) is 16.9 Å². The van der Waals surface area contributed by atoms with E-state index in [0.717, 1.165) is 15.8 Å². The van der Waals surface area contributed by atoms with Crippen LogP contribution in [0.15, 0.2) is 32.6 Å². The number of hydrogen-bond acceptors (Lipinski definition) is 4. The molecule has 0 aliphatic carbocycles. The topological polar surface area (TPSA) is 66.4 Å². The van der Waals surface area contributed by atoms with Crippen molar-refractivity contribution < 1.29 is 4.79 Å². The molecule has 90 valence electrons. The Morgan fingerprint density at radius 1 is 1.39 bits per heavy atom. The summed E-state index contributed by atoms with van der Waals surface area (Å²) in [4.78, 5) is 15.8. The third-order valence-corrected chi connectivity index (χ3v) is 3.75. The maximum Gasteiger partial charge on any atom is 0.274 e. The number of amides is 1. The average molecular weight is 370 g/mol. The van der Waals surface area contributed by atoms with Crippen molar-refractivity contribution in [3.8, 4) is 0 Å². The summed E-state index contributed by atoms with van der Waals surface area (Å²) >= 11 is 3.41. The van der Waals surface area contributed by atoms with Crippen molar-refractivity contribution >= 4 is 62.4 Å². The monoisotopic (exact) mass is 370 g/mol.